The van der Waals surface area contributed by atoms with Crippen LogP contribution in [0.2, 0.25) is 0 Å². The lowest BCUT2D eigenvalue weighted by Crippen LogP contribution is -2.36. The summed E-state index contributed by atoms with van der Waals surface area (Å²) in [5, 5.41) is 7.90. The Kier molecular flexibility index (Phi) is 5.69. The maximum Gasteiger partial charge on any atom is 0.0593 e. The fourth-order valence-electron chi connectivity index (χ4n) is 1.80. The Balaban J connectivity index is 1.95. The highest BCUT2D eigenvalue weighted by atomic mass is 15.3. The van der Waals surface area contributed by atoms with E-state index in [2.05, 4.69) is 43.4 Å². The molecule has 17 heavy (non-hydrogen) atoms. The molecule has 1 rings (SSSR count). The lowest BCUT2D eigenvalue weighted by atomic mass is 10.1. The Hall–Kier alpha value is -0.830. The highest BCUT2D eigenvalue weighted by molar-refractivity contribution is 4.94. The number of nitrogens with one attached hydrogen (secondary N) is 1. The second-order valence-electron chi connectivity index (χ2n) is 5.81. The summed E-state index contributed by atoms with van der Waals surface area (Å²) >= 11 is 0. The molecule has 0 aliphatic heterocycles. The molecule has 0 saturated carbocycles. The van der Waals surface area contributed by atoms with Crippen molar-refractivity contribution in [3.8, 4) is 0 Å². The lowest BCUT2D eigenvalue weighted by molar-refractivity contribution is 0.414. The van der Waals surface area contributed by atoms with Crippen molar-refractivity contribution in [3.05, 3.63) is 18.0 Å². The van der Waals surface area contributed by atoms with Crippen LogP contribution in [0.4, 0.5) is 0 Å². The summed E-state index contributed by atoms with van der Waals surface area (Å²) < 4.78 is 2.04. The van der Waals surface area contributed by atoms with E-state index in [-0.39, 0.29) is 5.54 Å². The SMILES string of the molecule is Cc1ccn(CCCCCCNC(C)(C)C)n1. The van der Waals surface area contributed by atoms with E-state index in [0.29, 0.717) is 0 Å². The second-order valence-corrected chi connectivity index (χ2v) is 5.81. The van der Waals surface area contributed by atoms with Crippen molar-refractivity contribution < 1.29 is 0 Å². The van der Waals surface area contributed by atoms with Crippen molar-refractivity contribution in [3.63, 3.8) is 0 Å². The molecule has 0 saturated heterocycles. The quantitative estimate of drug-likeness (QED) is 0.738. The van der Waals surface area contributed by atoms with Crippen molar-refractivity contribution in [2.75, 3.05) is 6.54 Å². The minimum Gasteiger partial charge on any atom is -0.312 e. The monoisotopic (exact) mass is 237 g/mol. The van der Waals surface area contributed by atoms with Gasteiger partial charge in [0.1, 0.15) is 0 Å². The summed E-state index contributed by atoms with van der Waals surface area (Å²) in [5.74, 6) is 0. The zero-order valence-corrected chi connectivity index (χ0v) is 11.8. The molecule has 0 aliphatic carbocycles. The maximum atomic E-state index is 4.38. The van der Waals surface area contributed by atoms with E-state index in [9.17, 15) is 0 Å². The lowest BCUT2D eigenvalue weighted by Gasteiger charge is -2.20. The number of rotatable bonds is 7. The third-order valence-corrected chi connectivity index (χ3v) is 2.74. The molecule has 0 aromatic carbocycles. The highest BCUT2D eigenvalue weighted by Gasteiger charge is 2.06. The van der Waals surface area contributed by atoms with Crippen molar-refractivity contribution in [2.24, 2.45) is 0 Å². The predicted molar refractivity (Wildman–Crippen MR) is 73.2 cm³/mol. The van der Waals surface area contributed by atoms with Gasteiger partial charge in [0.15, 0.2) is 0 Å². The summed E-state index contributed by atoms with van der Waals surface area (Å²) in [6.45, 7) is 10.9. The van der Waals surface area contributed by atoms with E-state index in [0.717, 1.165) is 18.8 Å². The van der Waals surface area contributed by atoms with E-state index in [1.165, 1.54) is 25.7 Å². The number of hydrogen-bond donors (Lipinski definition) is 1. The molecular weight excluding hydrogens is 210 g/mol. The van der Waals surface area contributed by atoms with Crippen molar-refractivity contribution in [2.45, 2.75) is 65.5 Å². The Morgan fingerprint density at radius 2 is 1.88 bits per heavy atom. The molecule has 0 unspecified atom stereocenters. The molecule has 1 heterocycles. The Morgan fingerprint density at radius 3 is 2.47 bits per heavy atom. The fourth-order valence-corrected chi connectivity index (χ4v) is 1.80. The summed E-state index contributed by atoms with van der Waals surface area (Å²) in [5.41, 5.74) is 1.37. The van der Waals surface area contributed by atoms with Crippen LogP contribution in [0.1, 0.15) is 52.1 Å². The largest absolute Gasteiger partial charge is 0.312 e. The van der Waals surface area contributed by atoms with Gasteiger partial charge < -0.3 is 5.32 Å². The van der Waals surface area contributed by atoms with Crippen LogP contribution in [0.25, 0.3) is 0 Å². The second kappa shape index (κ2) is 6.80. The summed E-state index contributed by atoms with van der Waals surface area (Å²) in [6.07, 6.45) is 7.18. The van der Waals surface area contributed by atoms with E-state index in [4.69, 9.17) is 0 Å². The van der Waals surface area contributed by atoms with Gasteiger partial charge in [0.25, 0.3) is 0 Å². The third-order valence-electron chi connectivity index (χ3n) is 2.74. The van der Waals surface area contributed by atoms with E-state index >= 15 is 0 Å². The van der Waals surface area contributed by atoms with Crippen LogP contribution >= 0.6 is 0 Å². The number of aromatic nitrogens is 2. The molecule has 3 heteroatoms. The number of hydrogen-bond acceptors (Lipinski definition) is 2. The summed E-state index contributed by atoms with van der Waals surface area (Å²) in [6, 6.07) is 2.06. The van der Waals surface area contributed by atoms with Gasteiger partial charge in [-0.1, -0.05) is 12.8 Å². The minimum absolute atomic E-state index is 0.257. The average molecular weight is 237 g/mol. The van der Waals surface area contributed by atoms with Crippen LogP contribution in [0, 0.1) is 6.92 Å². The van der Waals surface area contributed by atoms with Crippen molar-refractivity contribution in [1.29, 1.82) is 0 Å². The van der Waals surface area contributed by atoms with Crippen LogP contribution in [-0.2, 0) is 6.54 Å². The normalized spacial score (nSPS) is 12.0. The van der Waals surface area contributed by atoms with Gasteiger partial charge in [-0.2, -0.15) is 5.10 Å². The first kappa shape index (κ1) is 14.2. The van der Waals surface area contributed by atoms with Gasteiger partial charge in [0, 0.05) is 18.3 Å². The first-order valence-electron chi connectivity index (χ1n) is 6.72. The molecule has 1 aromatic heterocycles. The Labute approximate surface area is 106 Å². The highest BCUT2D eigenvalue weighted by Crippen LogP contribution is 2.04. The molecule has 0 fully saturated rings. The summed E-state index contributed by atoms with van der Waals surface area (Å²) in [7, 11) is 0. The van der Waals surface area contributed by atoms with Crippen LogP contribution in [0.5, 0.6) is 0 Å². The number of nitrogens with zero attached hydrogens (tertiary/aromatic N) is 2. The zero-order valence-electron chi connectivity index (χ0n) is 11.8. The van der Waals surface area contributed by atoms with Crippen LogP contribution in [0.15, 0.2) is 12.3 Å². The predicted octanol–water partition coefficient (Wildman–Crippen LogP) is 3.14. The van der Waals surface area contributed by atoms with Crippen LogP contribution in [0.3, 0.4) is 0 Å². The number of aryl methyl sites for hydroxylation is 2. The van der Waals surface area contributed by atoms with E-state index in [1.807, 2.05) is 11.6 Å². The molecule has 0 spiro atoms. The molecule has 0 aliphatic rings. The van der Waals surface area contributed by atoms with Gasteiger partial charge in [0.05, 0.1) is 5.69 Å². The van der Waals surface area contributed by atoms with Crippen molar-refractivity contribution in [1.82, 2.24) is 15.1 Å². The smallest absolute Gasteiger partial charge is 0.0593 e. The minimum atomic E-state index is 0.257. The maximum absolute atomic E-state index is 4.38. The Bertz CT molecular complexity index is 310. The van der Waals surface area contributed by atoms with Crippen molar-refractivity contribution >= 4 is 0 Å². The van der Waals surface area contributed by atoms with E-state index in [1.54, 1.807) is 0 Å². The Morgan fingerprint density at radius 1 is 1.18 bits per heavy atom. The molecule has 0 radical (unpaired) electrons. The molecule has 0 bridgehead atoms. The van der Waals surface area contributed by atoms with Gasteiger partial charge in [-0.05, 0) is 53.1 Å². The molecule has 0 atom stereocenters. The molecule has 98 valence electrons. The first-order chi connectivity index (χ1) is 7.97. The average Bonchev–Trinajstić information content (AvgIpc) is 2.61. The first-order valence-corrected chi connectivity index (χ1v) is 6.72. The molecular formula is C14H27N3. The zero-order chi connectivity index (χ0) is 12.7. The van der Waals surface area contributed by atoms with Gasteiger partial charge in [-0.3, -0.25) is 4.68 Å². The van der Waals surface area contributed by atoms with Gasteiger partial charge in [-0.15, -0.1) is 0 Å². The molecule has 1 N–H and O–H groups in total. The molecule has 1 aromatic rings. The number of unbranched alkanes of at least 4 members (excludes halogenated alkanes) is 3. The third kappa shape index (κ3) is 7.16. The van der Waals surface area contributed by atoms with E-state index < -0.39 is 0 Å². The van der Waals surface area contributed by atoms with Crippen LogP contribution in [-0.4, -0.2) is 21.9 Å². The molecule has 0 amide bonds. The van der Waals surface area contributed by atoms with Crippen LogP contribution < -0.4 is 5.32 Å². The fraction of sp³-hybridized carbons (Fsp3) is 0.786. The van der Waals surface area contributed by atoms with Gasteiger partial charge in [0.2, 0.25) is 0 Å². The standard InChI is InChI=1S/C14H27N3/c1-13-9-12-17(16-13)11-8-6-5-7-10-15-14(2,3)4/h9,12,15H,5-8,10-11H2,1-4H3. The van der Waals surface area contributed by atoms with Gasteiger partial charge in [-0.25, -0.2) is 0 Å². The molecule has 3 nitrogen and oxygen atoms in total. The summed E-state index contributed by atoms with van der Waals surface area (Å²) in [4.78, 5) is 0. The van der Waals surface area contributed by atoms with Gasteiger partial charge >= 0.3 is 0 Å². The topological polar surface area (TPSA) is 29.9 Å².